The number of nitrogens with zero attached hydrogens (tertiary/aromatic N) is 3. The first-order valence-corrected chi connectivity index (χ1v) is 12.1. The molecule has 0 radical (unpaired) electrons. The van der Waals surface area contributed by atoms with Gasteiger partial charge in [0.1, 0.15) is 0 Å². The van der Waals surface area contributed by atoms with Crippen LogP contribution in [0.2, 0.25) is 0 Å². The Morgan fingerprint density at radius 3 is 2.65 bits per heavy atom. The topological polar surface area (TPSA) is 73.5 Å². The molecule has 31 heavy (non-hydrogen) atoms. The van der Waals surface area contributed by atoms with Gasteiger partial charge in [-0.25, -0.2) is 0 Å². The summed E-state index contributed by atoms with van der Waals surface area (Å²) in [4.78, 5) is 17.7. The molecule has 0 aromatic carbocycles. The van der Waals surface area contributed by atoms with Crippen LogP contribution < -0.4 is 5.32 Å². The molecule has 0 unspecified atom stereocenters. The van der Waals surface area contributed by atoms with Gasteiger partial charge in [-0.2, -0.15) is 5.10 Å². The van der Waals surface area contributed by atoms with E-state index in [4.69, 9.17) is 4.74 Å². The van der Waals surface area contributed by atoms with Crippen molar-refractivity contribution in [2.75, 3.05) is 54.0 Å². The molecule has 1 fully saturated rings. The van der Waals surface area contributed by atoms with E-state index in [2.05, 4.69) is 46.2 Å². The molecular formula is C24H45N5O2. The number of nitrogens with one attached hydrogen (secondary N) is 2. The van der Waals surface area contributed by atoms with Gasteiger partial charge in [-0.1, -0.05) is 13.8 Å². The monoisotopic (exact) mass is 435 g/mol. The Bertz CT molecular complexity index is 625. The Kier molecular flexibility index (Phi) is 11.5. The Labute approximate surface area is 189 Å². The van der Waals surface area contributed by atoms with Crippen LogP contribution >= 0.6 is 0 Å². The van der Waals surface area contributed by atoms with Crippen LogP contribution in [0.1, 0.15) is 69.5 Å². The molecule has 1 aliphatic carbocycles. The summed E-state index contributed by atoms with van der Waals surface area (Å²) in [5.41, 5.74) is 2.51. The average molecular weight is 436 g/mol. The molecule has 0 aliphatic heterocycles. The van der Waals surface area contributed by atoms with E-state index in [0.29, 0.717) is 24.3 Å². The fourth-order valence-corrected chi connectivity index (χ4v) is 4.50. The first kappa shape index (κ1) is 25.8. The lowest BCUT2D eigenvalue weighted by Crippen LogP contribution is -2.39. The minimum absolute atomic E-state index is 0.159. The van der Waals surface area contributed by atoms with E-state index in [0.717, 1.165) is 71.2 Å². The molecule has 1 aromatic heterocycles. The molecule has 1 amide bonds. The predicted octanol–water partition coefficient (Wildman–Crippen LogP) is 3.25. The zero-order valence-corrected chi connectivity index (χ0v) is 20.5. The third-order valence-electron chi connectivity index (χ3n) is 6.46. The van der Waals surface area contributed by atoms with Gasteiger partial charge in [0.25, 0.3) is 0 Å². The summed E-state index contributed by atoms with van der Waals surface area (Å²) < 4.78 is 5.20. The van der Waals surface area contributed by atoms with Crippen LogP contribution in [0.3, 0.4) is 0 Å². The number of methoxy groups -OCH3 is 1. The molecule has 1 aliphatic rings. The van der Waals surface area contributed by atoms with Gasteiger partial charge >= 0.3 is 0 Å². The molecular weight excluding hydrogens is 390 g/mol. The van der Waals surface area contributed by atoms with Gasteiger partial charge in [-0.15, -0.1) is 0 Å². The number of rotatable bonds is 14. The maximum Gasteiger partial charge on any atom is 0.225 e. The molecule has 7 nitrogen and oxygen atoms in total. The van der Waals surface area contributed by atoms with Crippen LogP contribution in [0, 0.1) is 11.8 Å². The Morgan fingerprint density at radius 1 is 1.26 bits per heavy atom. The molecule has 178 valence electrons. The number of amides is 1. The minimum atomic E-state index is 0.159. The SMILES string of the molecule is CNCCN(C)Cc1c[nH]nc1[C@H]1CC[C@@H](C(=O)N(CCCOC)CCC(C)C)CC1. The molecule has 0 spiro atoms. The lowest BCUT2D eigenvalue weighted by molar-refractivity contribution is -0.137. The first-order chi connectivity index (χ1) is 15.0. The fourth-order valence-electron chi connectivity index (χ4n) is 4.50. The van der Waals surface area contributed by atoms with Gasteiger partial charge in [0.15, 0.2) is 0 Å². The number of aromatic amines is 1. The second-order valence-corrected chi connectivity index (χ2v) is 9.54. The van der Waals surface area contributed by atoms with Gasteiger partial charge in [-0.3, -0.25) is 9.89 Å². The van der Waals surface area contributed by atoms with Crippen molar-refractivity contribution in [2.45, 2.75) is 64.8 Å². The number of hydrogen-bond donors (Lipinski definition) is 2. The largest absolute Gasteiger partial charge is 0.385 e. The van der Waals surface area contributed by atoms with Crippen molar-refractivity contribution in [2.24, 2.45) is 11.8 Å². The van der Waals surface area contributed by atoms with E-state index in [1.807, 2.05) is 13.2 Å². The highest BCUT2D eigenvalue weighted by Gasteiger charge is 2.31. The second kappa shape index (κ2) is 13.9. The Hall–Kier alpha value is -1.44. The molecule has 1 saturated carbocycles. The maximum absolute atomic E-state index is 13.3. The van der Waals surface area contributed by atoms with E-state index in [9.17, 15) is 4.79 Å². The van der Waals surface area contributed by atoms with Crippen molar-refractivity contribution in [1.29, 1.82) is 0 Å². The van der Waals surface area contributed by atoms with Crippen LogP contribution in [-0.4, -0.2) is 79.9 Å². The van der Waals surface area contributed by atoms with Crippen molar-refractivity contribution in [1.82, 2.24) is 25.3 Å². The van der Waals surface area contributed by atoms with Crippen LogP contribution in [0.4, 0.5) is 0 Å². The number of likely N-dealkylation sites (N-methyl/N-ethyl adjacent to an activating group) is 2. The molecule has 1 heterocycles. The van der Waals surface area contributed by atoms with Gasteiger partial charge in [-0.05, 0) is 58.5 Å². The van der Waals surface area contributed by atoms with E-state index >= 15 is 0 Å². The number of hydrogen-bond acceptors (Lipinski definition) is 5. The van der Waals surface area contributed by atoms with Gasteiger partial charge in [0.05, 0.1) is 5.69 Å². The van der Waals surface area contributed by atoms with E-state index < -0.39 is 0 Å². The minimum Gasteiger partial charge on any atom is -0.385 e. The lowest BCUT2D eigenvalue weighted by atomic mass is 9.79. The number of aromatic nitrogens is 2. The summed E-state index contributed by atoms with van der Waals surface area (Å²) in [5, 5.41) is 10.9. The smallest absolute Gasteiger partial charge is 0.225 e. The standard InChI is InChI=1S/C24H45N5O2/c1-19(2)11-14-29(13-6-16-31-5)24(30)21-9-7-20(8-10-21)23-22(17-26-27-23)18-28(4)15-12-25-3/h17,19-21,25H,6-16,18H2,1-5H3,(H,26,27)/t20-,21+. The highest BCUT2D eigenvalue weighted by atomic mass is 16.5. The van der Waals surface area contributed by atoms with Crippen molar-refractivity contribution < 1.29 is 9.53 Å². The number of carbonyl (C=O) groups excluding carboxylic acids is 1. The van der Waals surface area contributed by atoms with Crippen LogP contribution in [-0.2, 0) is 16.1 Å². The van der Waals surface area contributed by atoms with E-state index in [-0.39, 0.29) is 5.92 Å². The fraction of sp³-hybridized carbons (Fsp3) is 0.833. The Morgan fingerprint density at radius 2 is 2.00 bits per heavy atom. The molecule has 0 atom stereocenters. The molecule has 0 saturated heterocycles. The van der Waals surface area contributed by atoms with Gasteiger partial charge in [0, 0.05) is 70.0 Å². The summed E-state index contributed by atoms with van der Waals surface area (Å²) in [5.74, 6) is 1.58. The van der Waals surface area contributed by atoms with Crippen molar-refractivity contribution in [3.05, 3.63) is 17.5 Å². The highest BCUT2D eigenvalue weighted by Crippen LogP contribution is 2.37. The van der Waals surface area contributed by atoms with Crippen molar-refractivity contribution >= 4 is 5.91 Å². The van der Waals surface area contributed by atoms with Crippen LogP contribution in [0.5, 0.6) is 0 Å². The Balaban J connectivity index is 1.90. The number of ether oxygens (including phenoxy) is 1. The maximum atomic E-state index is 13.3. The van der Waals surface area contributed by atoms with Crippen LogP contribution in [0.15, 0.2) is 6.20 Å². The third kappa shape index (κ3) is 8.54. The number of H-pyrrole nitrogens is 1. The third-order valence-corrected chi connectivity index (χ3v) is 6.46. The van der Waals surface area contributed by atoms with E-state index in [1.165, 1.54) is 11.3 Å². The summed E-state index contributed by atoms with van der Waals surface area (Å²) >= 11 is 0. The average Bonchev–Trinajstić information content (AvgIpc) is 3.22. The second-order valence-electron chi connectivity index (χ2n) is 9.54. The lowest BCUT2D eigenvalue weighted by Gasteiger charge is -2.32. The first-order valence-electron chi connectivity index (χ1n) is 12.1. The summed E-state index contributed by atoms with van der Waals surface area (Å²) in [6.07, 6.45) is 8.04. The zero-order valence-electron chi connectivity index (χ0n) is 20.5. The van der Waals surface area contributed by atoms with Gasteiger partial charge in [0.2, 0.25) is 5.91 Å². The zero-order chi connectivity index (χ0) is 22.6. The summed E-state index contributed by atoms with van der Waals surface area (Å²) in [6, 6.07) is 0. The molecule has 2 rings (SSSR count). The van der Waals surface area contributed by atoms with Gasteiger partial charge < -0.3 is 19.9 Å². The predicted molar refractivity (Wildman–Crippen MR) is 126 cm³/mol. The van der Waals surface area contributed by atoms with Crippen LogP contribution in [0.25, 0.3) is 0 Å². The summed E-state index contributed by atoms with van der Waals surface area (Å²) in [6.45, 7) is 9.73. The van der Waals surface area contributed by atoms with Crippen molar-refractivity contribution in [3.63, 3.8) is 0 Å². The normalized spacial score (nSPS) is 19.3. The summed E-state index contributed by atoms with van der Waals surface area (Å²) in [7, 11) is 5.86. The quantitative estimate of drug-likeness (QED) is 0.439. The highest BCUT2D eigenvalue weighted by molar-refractivity contribution is 5.79. The number of carbonyl (C=O) groups is 1. The van der Waals surface area contributed by atoms with E-state index in [1.54, 1.807) is 7.11 Å². The molecule has 0 bridgehead atoms. The van der Waals surface area contributed by atoms with Crippen molar-refractivity contribution in [3.8, 4) is 0 Å². The molecule has 2 N–H and O–H groups in total. The molecule has 1 aromatic rings. The molecule has 7 heteroatoms.